The molecule has 1 heterocycles. The van der Waals surface area contributed by atoms with Crippen molar-refractivity contribution in [3.8, 4) is 16.9 Å². The molecular weight excluding hydrogens is 389 g/mol. The van der Waals surface area contributed by atoms with E-state index < -0.39 is 5.82 Å². The fraction of sp³-hybridized carbons (Fsp3) is 0.208. The number of rotatable bonds is 5. The van der Waals surface area contributed by atoms with Crippen LogP contribution < -0.4 is 4.74 Å². The predicted molar refractivity (Wildman–Crippen MR) is 114 cm³/mol. The van der Waals surface area contributed by atoms with E-state index in [4.69, 9.17) is 21.1 Å². The van der Waals surface area contributed by atoms with Crippen molar-refractivity contribution >= 4 is 17.5 Å². The molecule has 0 saturated heterocycles. The third kappa shape index (κ3) is 3.99. The van der Waals surface area contributed by atoms with Gasteiger partial charge in [-0.25, -0.2) is 9.38 Å². The van der Waals surface area contributed by atoms with Crippen LogP contribution in [0.4, 0.5) is 4.39 Å². The van der Waals surface area contributed by atoms with E-state index >= 15 is 0 Å². The summed E-state index contributed by atoms with van der Waals surface area (Å²) >= 11 is 6.16. The number of aliphatic imine (C=N–C) groups is 1. The first-order chi connectivity index (χ1) is 14.1. The summed E-state index contributed by atoms with van der Waals surface area (Å²) < 4.78 is 25.6. The zero-order valence-electron chi connectivity index (χ0n) is 16.2. The van der Waals surface area contributed by atoms with Gasteiger partial charge in [0.1, 0.15) is 23.7 Å². The fourth-order valence-corrected chi connectivity index (χ4v) is 3.70. The average Bonchev–Trinajstić information content (AvgIpc) is 3.10. The first-order valence-electron chi connectivity index (χ1n) is 9.59. The molecule has 0 aliphatic carbocycles. The van der Waals surface area contributed by atoms with Gasteiger partial charge in [0.05, 0.1) is 17.2 Å². The van der Waals surface area contributed by atoms with E-state index in [0.717, 1.165) is 22.4 Å². The molecule has 2 atom stereocenters. The second-order valence-corrected chi connectivity index (χ2v) is 7.29. The van der Waals surface area contributed by atoms with E-state index in [0.29, 0.717) is 11.6 Å². The Labute approximate surface area is 174 Å². The van der Waals surface area contributed by atoms with Crippen LogP contribution in [0.3, 0.4) is 0 Å². The van der Waals surface area contributed by atoms with E-state index in [-0.39, 0.29) is 23.6 Å². The Morgan fingerprint density at radius 1 is 1.00 bits per heavy atom. The largest absolute Gasteiger partial charge is 0.494 e. The second kappa shape index (κ2) is 8.26. The lowest BCUT2D eigenvalue weighted by molar-refractivity contribution is 0.213. The lowest BCUT2D eigenvalue weighted by Crippen LogP contribution is -2.13. The van der Waals surface area contributed by atoms with Gasteiger partial charge in [-0.3, -0.25) is 0 Å². The molecule has 1 aliphatic heterocycles. The van der Waals surface area contributed by atoms with Crippen molar-refractivity contribution in [3.05, 3.63) is 88.7 Å². The van der Waals surface area contributed by atoms with Crippen LogP contribution in [0.2, 0.25) is 5.02 Å². The van der Waals surface area contributed by atoms with Crippen molar-refractivity contribution in [3.63, 3.8) is 0 Å². The zero-order chi connectivity index (χ0) is 20.4. The van der Waals surface area contributed by atoms with Crippen LogP contribution in [0.15, 0.2) is 71.7 Å². The minimum absolute atomic E-state index is 0.211. The Balaban J connectivity index is 1.58. The van der Waals surface area contributed by atoms with E-state index in [1.54, 1.807) is 12.1 Å². The number of benzene rings is 3. The average molecular weight is 410 g/mol. The van der Waals surface area contributed by atoms with E-state index in [2.05, 4.69) is 17.1 Å². The second-order valence-electron chi connectivity index (χ2n) is 6.88. The molecule has 3 nitrogen and oxygen atoms in total. The number of hydrogen-bond donors (Lipinski definition) is 0. The Hall–Kier alpha value is -2.85. The highest BCUT2D eigenvalue weighted by molar-refractivity contribution is 6.33. The minimum atomic E-state index is -0.435. The maximum atomic E-state index is 14.2. The lowest BCUT2D eigenvalue weighted by Gasteiger charge is -2.14. The third-order valence-electron chi connectivity index (χ3n) is 4.93. The number of hydrogen-bond acceptors (Lipinski definition) is 3. The molecule has 5 heteroatoms. The molecule has 3 aromatic rings. The molecule has 29 heavy (non-hydrogen) atoms. The normalized spacial score (nSPS) is 18.3. The van der Waals surface area contributed by atoms with Gasteiger partial charge in [-0.2, -0.15) is 0 Å². The molecule has 0 bridgehead atoms. The van der Waals surface area contributed by atoms with Gasteiger partial charge in [0.15, 0.2) is 0 Å². The maximum Gasteiger partial charge on any atom is 0.221 e. The van der Waals surface area contributed by atoms with Gasteiger partial charge in [0.25, 0.3) is 0 Å². The van der Waals surface area contributed by atoms with Crippen molar-refractivity contribution in [2.75, 3.05) is 6.61 Å². The smallest absolute Gasteiger partial charge is 0.221 e. The minimum Gasteiger partial charge on any atom is -0.494 e. The van der Waals surface area contributed by atoms with Gasteiger partial charge in [0, 0.05) is 0 Å². The quantitative estimate of drug-likeness (QED) is 0.484. The Bertz CT molecular complexity index is 1010. The van der Waals surface area contributed by atoms with Crippen molar-refractivity contribution in [1.29, 1.82) is 0 Å². The summed E-state index contributed by atoms with van der Waals surface area (Å²) in [6, 6.07) is 20.5. The van der Waals surface area contributed by atoms with Crippen LogP contribution in [0.25, 0.3) is 11.1 Å². The van der Waals surface area contributed by atoms with Crippen molar-refractivity contribution in [2.24, 2.45) is 4.99 Å². The van der Waals surface area contributed by atoms with Gasteiger partial charge in [-0.1, -0.05) is 54.1 Å². The van der Waals surface area contributed by atoms with Crippen LogP contribution in [-0.2, 0) is 4.74 Å². The number of halogens is 2. The topological polar surface area (TPSA) is 30.8 Å². The first kappa shape index (κ1) is 19.5. The van der Waals surface area contributed by atoms with Crippen molar-refractivity contribution in [1.82, 2.24) is 0 Å². The van der Waals surface area contributed by atoms with Crippen molar-refractivity contribution in [2.45, 2.75) is 26.0 Å². The molecule has 0 fully saturated rings. The molecule has 0 N–H and O–H groups in total. The third-order valence-corrected chi connectivity index (χ3v) is 5.24. The highest BCUT2D eigenvalue weighted by atomic mass is 35.5. The van der Waals surface area contributed by atoms with Crippen LogP contribution >= 0.6 is 11.6 Å². The Morgan fingerprint density at radius 2 is 1.66 bits per heavy atom. The summed E-state index contributed by atoms with van der Waals surface area (Å²) in [6.07, 6.45) is -0.211. The predicted octanol–water partition coefficient (Wildman–Crippen LogP) is 6.45. The highest BCUT2D eigenvalue weighted by Crippen LogP contribution is 2.34. The lowest BCUT2D eigenvalue weighted by atomic mass is 9.99. The van der Waals surface area contributed by atoms with Crippen LogP contribution in [0, 0.1) is 5.82 Å². The molecule has 148 valence electrons. The van der Waals surface area contributed by atoms with Gasteiger partial charge in [-0.05, 0) is 54.8 Å². The molecule has 0 saturated carbocycles. The first-order valence-corrected chi connectivity index (χ1v) is 9.96. The van der Waals surface area contributed by atoms with Gasteiger partial charge >= 0.3 is 0 Å². The Morgan fingerprint density at radius 3 is 2.28 bits per heavy atom. The van der Waals surface area contributed by atoms with Crippen molar-refractivity contribution < 1.29 is 13.9 Å². The molecule has 0 radical (unpaired) electrons. The van der Waals surface area contributed by atoms with E-state index in [1.165, 1.54) is 6.07 Å². The molecule has 3 aromatic carbocycles. The summed E-state index contributed by atoms with van der Waals surface area (Å²) in [4.78, 5) is 4.62. The van der Waals surface area contributed by atoms with Crippen LogP contribution in [0.5, 0.6) is 5.75 Å². The summed E-state index contributed by atoms with van der Waals surface area (Å²) in [5, 5.41) is 0.294. The standard InChI is InChI=1S/C24H21ClFNO2/c1-3-28-19-13-11-17(12-14-19)16-7-9-18(10-8-16)23-15(2)29-24(27-23)22-20(25)5-4-6-21(22)26/h4-15,23H,3H2,1-2H3/t15-,23-/m0/s1. The molecule has 0 aromatic heterocycles. The molecular formula is C24H21ClFNO2. The fourth-order valence-electron chi connectivity index (χ4n) is 3.46. The van der Waals surface area contributed by atoms with Gasteiger partial charge in [0.2, 0.25) is 5.90 Å². The number of ether oxygens (including phenoxy) is 2. The van der Waals surface area contributed by atoms with Gasteiger partial charge < -0.3 is 9.47 Å². The monoisotopic (exact) mass is 409 g/mol. The molecule has 1 aliphatic rings. The molecule has 0 spiro atoms. The Kier molecular flexibility index (Phi) is 5.54. The maximum absolute atomic E-state index is 14.2. The van der Waals surface area contributed by atoms with Crippen LogP contribution in [-0.4, -0.2) is 18.6 Å². The zero-order valence-corrected chi connectivity index (χ0v) is 17.0. The van der Waals surface area contributed by atoms with Crippen LogP contribution in [0.1, 0.15) is 31.0 Å². The number of nitrogens with zero attached hydrogens (tertiary/aromatic N) is 1. The van der Waals surface area contributed by atoms with E-state index in [9.17, 15) is 4.39 Å². The van der Waals surface area contributed by atoms with Gasteiger partial charge in [-0.15, -0.1) is 0 Å². The molecule has 4 rings (SSSR count). The summed E-state index contributed by atoms with van der Waals surface area (Å²) in [7, 11) is 0. The summed E-state index contributed by atoms with van der Waals surface area (Å²) in [5.41, 5.74) is 3.44. The summed E-state index contributed by atoms with van der Waals surface area (Å²) in [5.74, 6) is 0.676. The molecule has 0 amide bonds. The molecule has 0 unspecified atom stereocenters. The summed E-state index contributed by atoms with van der Waals surface area (Å²) in [6.45, 7) is 4.54. The van der Waals surface area contributed by atoms with E-state index in [1.807, 2.05) is 50.2 Å². The SMILES string of the molecule is CCOc1ccc(-c2ccc([C@H]3N=C(c4c(F)cccc4Cl)O[C@H]3C)cc2)cc1. The highest BCUT2D eigenvalue weighted by Gasteiger charge is 2.31.